The number of thioether (sulfide) groups is 1. The predicted molar refractivity (Wildman–Crippen MR) is 84.4 cm³/mol. The first-order valence-electron chi connectivity index (χ1n) is 6.23. The summed E-state index contributed by atoms with van der Waals surface area (Å²) in [7, 11) is 0. The highest BCUT2D eigenvalue weighted by Crippen LogP contribution is 2.19. The molecule has 1 amide bonds. The SMILES string of the molecule is CSc1cccc(NC(=O)c2cncc(C#CCO)c2)c1. The highest BCUT2D eigenvalue weighted by molar-refractivity contribution is 7.98. The first-order valence-corrected chi connectivity index (χ1v) is 7.45. The Labute approximate surface area is 127 Å². The van der Waals surface area contributed by atoms with E-state index in [-0.39, 0.29) is 12.5 Å². The van der Waals surface area contributed by atoms with Crippen molar-refractivity contribution in [3.8, 4) is 11.8 Å². The molecule has 0 unspecified atom stereocenters. The van der Waals surface area contributed by atoms with Gasteiger partial charge in [-0.05, 0) is 30.5 Å². The third-order valence-electron chi connectivity index (χ3n) is 2.64. The van der Waals surface area contributed by atoms with Crippen molar-refractivity contribution in [1.29, 1.82) is 0 Å². The maximum atomic E-state index is 12.2. The van der Waals surface area contributed by atoms with Crippen LogP contribution in [0.5, 0.6) is 0 Å². The van der Waals surface area contributed by atoms with Crippen LogP contribution in [-0.4, -0.2) is 28.9 Å². The summed E-state index contributed by atoms with van der Waals surface area (Å²) in [5, 5.41) is 11.5. The van der Waals surface area contributed by atoms with Crippen molar-refractivity contribution in [2.75, 3.05) is 18.2 Å². The van der Waals surface area contributed by atoms with Crippen molar-refractivity contribution < 1.29 is 9.90 Å². The summed E-state index contributed by atoms with van der Waals surface area (Å²) >= 11 is 1.61. The quantitative estimate of drug-likeness (QED) is 0.675. The van der Waals surface area contributed by atoms with Crippen LogP contribution in [0.4, 0.5) is 5.69 Å². The zero-order valence-corrected chi connectivity index (χ0v) is 12.3. The summed E-state index contributed by atoms with van der Waals surface area (Å²) in [6.07, 6.45) is 5.01. The molecular weight excluding hydrogens is 284 g/mol. The number of carbonyl (C=O) groups is 1. The number of anilines is 1. The van der Waals surface area contributed by atoms with Crippen molar-refractivity contribution in [3.05, 3.63) is 53.9 Å². The van der Waals surface area contributed by atoms with Gasteiger partial charge in [0.1, 0.15) is 6.61 Å². The number of aliphatic hydroxyl groups excluding tert-OH is 1. The lowest BCUT2D eigenvalue weighted by molar-refractivity contribution is 0.102. The summed E-state index contributed by atoms with van der Waals surface area (Å²) in [4.78, 5) is 17.2. The van der Waals surface area contributed by atoms with Crippen LogP contribution >= 0.6 is 11.8 Å². The first-order chi connectivity index (χ1) is 10.2. The highest BCUT2D eigenvalue weighted by atomic mass is 32.2. The van der Waals surface area contributed by atoms with E-state index in [0.717, 1.165) is 10.6 Å². The van der Waals surface area contributed by atoms with Crippen LogP contribution in [0.3, 0.4) is 0 Å². The Morgan fingerprint density at radius 2 is 2.24 bits per heavy atom. The van der Waals surface area contributed by atoms with Crippen molar-refractivity contribution in [2.24, 2.45) is 0 Å². The largest absolute Gasteiger partial charge is 0.384 e. The fourth-order valence-corrected chi connectivity index (χ4v) is 2.14. The number of aromatic nitrogens is 1. The third-order valence-corrected chi connectivity index (χ3v) is 3.37. The summed E-state index contributed by atoms with van der Waals surface area (Å²) in [6, 6.07) is 9.26. The standard InChI is InChI=1S/C16H14N2O2S/c1-21-15-6-2-5-14(9-15)18-16(20)13-8-12(4-3-7-19)10-17-11-13/h2,5-6,8-11,19H,7H2,1H3,(H,18,20). The Kier molecular flexibility index (Phi) is 5.38. The lowest BCUT2D eigenvalue weighted by Gasteiger charge is -2.06. The van der Waals surface area contributed by atoms with Gasteiger partial charge in [0.2, 0.25) is 0 Å². The van der Waals surface area contributed by atoms with E-state index in [4.69, 9.17) is 5.11 Å². The molecule has 1 aromatic carbocycles. The van der Waals surface area contributed by atoms with Crippen LogP contribution in [0.2, 0.25) is 0 Å². The molecule has 2 aromatic rings. The van der Waals surface area contributed by atoms with Gasteiger partial charge in [0, 0.05) is 28.5 Å². The van der Waals surface area contributed by atoms with Gasteiger partial charge in [0.25, 0.3) is 5.91 Å². The molecule has 106 valence electrons. The summed E-state index contributed by atoms with van der Waals surface area (Å²) in [5.74, 6) is 5.01. The van der Waals surface area contributed by atoms with E-state index in [1.807, 2.05) is 30.5 Å². The van der Waals surface area contributed by atoms with Crippen molar-refractivity contribution in [1.82, 2.24) is 4.98 Å². The Hall–Kier alpha value is -2.29. The van der Waals surface area contributed by atoms with Crippen molar-refractivity contribution in [2.45, 2.75) is 4.90 Å². The molecule has 0 spiro atoms. The zero-order chi connectivity index (χ0) is 15.1. The minimum absolute atomic E-state index is 0.224. The second-order valence-corrected chi connectivity index (χ2v) is 4.99. The number of pyridine rings is 1. The molecule has 0 fully saturated rings. The summed E-state index contributed by atoms with van der Waals surface area (Å²) in [5.41, 5.74) is 1.75. The number of nitrogens with zero attached hydrogens (tertiary/aromatic N) is 1. The smallest absolute Gasteiger partial charge is 0.257 e. The highest BCUT2D eigenvalue weighted by Gasteiger charge is 2.07. The number of amides is 1. The van der Waals surface area contributed by atoms with Crippen LogP contribution in [0.1, 0.15) is 15.9 Å². The van der Waals surface area contributed by atoms with Gasteiger partial charge in [-0.25, -0.2) is 0 Å². The van der Waals surface area contributed by atoms with Gasteiger partial charge in [0.15, 0.2) is 0 Å². The molecule has 0 aliphatic carbocycles. The molecule has 0 saturated heterocycles. The number of benzene rings is 1. The minimum atomic E-state index is -0.242. The molecule has 0 aliphatic rings. The molecule has 2 rings (SSSR count). The van der Waals surface area contributed by atoms with Crippen LogP contribution in [0.25, 0.3) is 0 Å². The predicted octanol–water partition coefficient (Wildman–Crippen LogP) is 2.40. The lowest BCUT2D eigenvalue weighted by Crippen LogP contribution is -2.12. The van der Waals surface area contributed by atoms with Crippen molar-refractivity contribution in [3.63, 3.8) is 0 Å². The molecule has 4 nitrogen and oxygen atoms in total. The van der Waals surface area contributed by atoms with E-state index in [1.165, 1.54) is 6.20 Å². The van der Waals surface area contributed by atoms with E-state index >= 15 is 0 Å². The Balaban J connectivity index is 2.16. The molecule has 2 N–H and O–H groups in total. The average molecular weight is 298 g/mol. The van der Waals surface area contributed by atoms with Crippen molar-refractivity contribution >= 4 is 23.4 Å². The Morgan fingerprint density at radius 3 is 3.00 bits per heavy atom. The van der Waals surface area contributed by atoms with E-state index in [9.17, 15) is 4.79 Å². The van der Waals surface area contributed by atoms with Gasteiger partial charge in [-0.15, -0.1) is 11.8 Å². The third kappa shape index (κ3) is 4.35. The van der Waals surface area contributed by atoms with E-state index in [2.05, 4.69) is 22.1 Å². The molecule has 0 atom stereocenters. The van der Waals surface area contributed by atoms with Crippen LogP contribution in [-0.2, 0) is 0 Å². The summed E-state index contributed by atoms with van der Waals surface area (Å²) < 4.78 is 0. The molecule has 21 heavy (non-hydrogen) atoms. The van der Waals surface area contributed by atoms with E-state index in [0.29, 0.717) is 11.1 Å². The number of rotatable bonds is 3. The lowest BCUT2D eigenvalue weighted by atomic mass is 10.2. The topological polar surface area (TPSA) is 62.2 Å². The number of aliphatic hydroxyl groups is 1. The van der Waals surface area contributed by atoms with Gasteiger partial charge in [-0.2, -0.15) is 0 Å². The number of hydrogen-bond acceptors (Lipinski definition) is 4. The molecular formula is C16H14N2O2S. The van der Waals surface area contributed by atoms with E-state index in [1.54, 1.807) is 24.0 Å². The second-order valence-electron chi connectivity index (χ2n) is 4.11. The Morgan fingerprint density at radius 1 is 1.38 bits per heavy atom. The maximum absolute atomic E-state index is 12.2. The number of carbonyl (C=O) groups excluding carboxylic acids is 1. The summed E-state index contributed by atoms with van der Waals surface area (Å²) in [6.45, 7) is -0.224. The van der Waals surface area contributed by atoms with Gasteiger partial charge in [-0.3, -0.25) is 9.78 Å². The molecule has 0 radical (unpaired) electrons. The first kappa shape index (κ1) is 15.1. The monoisotopic (exact) mass is 298 g/mol. The van der Waals surface area contributed by atoms with Gasteiger partial charge < -0.3 is 10.4 Å². The molecule has 0 bridgehead atoms. The van der Waals surface area contributed by atoms with E-state index < -0.39 is 0 Å². The molecule has 5 heteroatoms. The van der Waals surface area contributed by atoms with Crippen LogP contribution in [0, 0.1) is 11.8 Å². The molecule has 1 aromatic heterocycles. The minimum Gasteiger partial charge on any atom is -0.384 e. The number of hydrogen-bond donors (Lipinski definition) is 2. The fraction of sp³-hybridized carbons (Fsp3) is 0.125. The zero-order valence-electron chi connectivity index (χ0n) is 11.5. The van der Waals surface area contributed by atoms with Crippen LogP contribution < -0.4 is 5.32 Å². The molecule has 0 saturated carbocycles. The second kappa shape index (κ2) is 7.48. The van der Waals surface area contributed by atoms with Gasteiger partial charge in [0.05, 0.1) is 5.56 Å². The normalized spacial score (nSPS) is 9.62. The Bertz CT molecular complexity index is 705. The fourth-order valence-electron chi connectivity index (χ4n) is 1.68. The van der Waals surface area contributed by atoms with Gasteiger partial charge >= 0.3 is 0 Å². The van der Waals surface area contributed by atoms with Gasteiger partial charge in [-0.1, -0.05) is 17.9 Å². The average Bonchev–Trinajstić information content (AvgIpc) is 2.53. The molecule has 0 aliphatic heterocycles. The molecule has 1 heterocycles. The number of nitrogens with one attached hydrogen (secondary N) is 1. The van der Waals surface area contributed by atoms with Crippen LogP contribution in [0.15, 0.2) is 47.6 Å². The maximum Gasteiger partial charge on any atom is 0.257 e.